The Kier molecular flexibility index (Phi) is 6.82. The Bertz CT molecular complexity index is 1110. The lowest BCUT2D eigenvalue weighted by Crippen LogP contribution is -2.60. The maximum absolute atomic E-state index is 13.6. The van der Waals surface area contributed by atoms with Crippen LogP contribution >= 0.6 is 0 Å². The lowest BCUT2D eigenvalue weighted by atomic mass is 10.0. The fourth-order valence-corrected chi connectivity index (χ4v) is 7.86. The van der Waals surface area contributed by atoms with Gasteiger partial charge in [-0.2, -0.15) is 5.26 Å². The maximum Gasteiger partial charge on any atom is 0.244 e. The largest absolute Gasteiger partial charge is 0.342 e. The number of carbonyl (C=O) groups is 1. The SMILES string of the molecule is CCC(C(=O)NCC#N)(C(C)S(=O)(=O)c1ccccc1)S(=O)(=O)c1ccccc1. The van der Waals surface area contributed by atoms with Crippen LogP contribution in [0.25, 0.3) is 0 Å². The summed E-state index contributed by atoms with van der Waals surface area (Å²) in [6.45, 7) is 2.23. The molecule has 0 aromatic heterocycles. The van der Waals surface area contributed by atoms with E-state index in [-0.39, 0.29) is 16.2 Å². The van der Waals surface area contributed by atoms with E-state index < -0.39 is 42.1 Å². The number of hydrogen-bond acceptors (Lipinski definition) is 6. The Morgan fingerprint density at radius 3 is 1.93 bits per heavy atom. The van der Waals surface area contributed by atoms with Crippen molar-refractivity contribution in [2.45, 2.75) is 40.1 Å². The van der Waals surface area contributed by atoms with Crippen LogP contribution in [-0.4, -0.2) is 39.3 Å². The second kappa shape index (κ2) is 8.76. The smallest absolute Gasteiger partial charge is 0.244 e. The zero-order chi connectivity index (χ0) is 21.7. The Morgan fingerprint density at radius 1 is 1.00 bits per heavy atom. The molecular weight excluding hydrogens is 412 g/mol. The van der Waals surface area contributed by atoms with Gasteiger partial charge in [0, 0.05) is 0 Å². The Balaban J connectivity index is 2.77. The van der Waals surface area contributed by atoms with Crippen LogP contribution in [0.15, 0.2) is 70.5 Å². The minimum absolute atomic E-state index is 0.0818. The Labute approximate surface area is 171 Å². The number of amides is 1. The van der Waals surface area contributed by atoms with Gasteiger partial charge < -0.3 is 5.32 Å². The predicted octanol–water partition coefficient (Wildman–Crippen LogP) is 2.11. The molecule has 0 spiro atoms. The highest BCUT2D eigenvalue weighted by Crippen LogP contribution is 2.38. The van der Waals surface area contributed by atoms with Crippen LogP contribution in [0.1, 0.15) is 20.3 Å². The molecule has 0 heterocycles. The third-order valence-corrected chi connectivity index (χ3v) is 10.1. The van der Waals surface area contributed by atoms with Gasteiger partial charge in [-0.25, -0.2) is 16.8 Å². The van der Waals surface area contributed by atoms with Crippen LogP contribution in [0, 0.1) is 11.3 Å². The van der Waals surface area contributed by atoms with Crippen molar-refractivity contribution >= 4 is 25.6 Å². The molecule has 7 nitrogen and oxygen atoms in total. The van der Waals surface area contributed by atoms with Crippen LogP contribution in [-0.2, 0) is 24.5 Å². The molecule has 29 heavy (non-hydrogen) atoms. The number of carbonyl (C=O) groups excluding carboxylic acids is 1. The van der Waals surface area contributed by atoms with Crippen molar-refractivity contribution in [2.24, 2.45) is 0 Å². The minimum atomic E-state index is -4.43. The van der Waals surface area contributed by atoms with E-state index in [1.54, 1.807) is 18.2 Å². The first-order chi connectivity index (χ1) is 13.7. The summed E-state index contributed by atoms with van der Waals surface area (Å²) in [5, 5.41) is 9.47. The number of nitriles is 1. The summed E-state index contributed by atoms with van der Waals surface area (Å²) in [5.41, 5.74) is 0. The van der Waals surface area contributed by atoms with Crippen LogP contribution in [0.3, 0.4) is 0 Å². The Morgan fingerprint density at radius 2 is 1.48 bits per heavy atom. The molecule has 0 saturated heterocycles. The average Bonchev–Trinajstić information content (AvgIpc) is 2.74. The van der Waals surface area contributed by atoms with Gasteiger partial charge in [0.2, 0.25) is 5.91 Å². The number of rotatable bonds is 8. The van der Waals surface area contributed by atoms with Crippen molar-refractivity contribution in [1.29, 1.82) is 5.26 Å². The van der Waals surface area contributed by atoms with E-state index in [0.717, 1.165) is 0 Å². The van der Waals surface area contributed by atoms with Crippen LogP contribution < -0.4 is 5.32 Å². The van der Waals surface area contributed by atoms with Crippen LogP contribution in [0.2, 0.25) is 0 Å². The summed E-state index contributed by atoms with van der Waals surface area (Å²) in [5.74, 6) is -1.02. The lowest BCUT2D eigenvalue weighted by molar-refractivity contribution is -0.123. The summed E-state index contributed by atoms with van der Waals surface area (Å²) in [4.78, 5) is 12.8. The van der Waals surface area contributed by atoms with Crippen molar-refractivity contribution in [3.05, 3.63) is 60.7 Å². The third-order valence-electron chi connectivity index (χ3n) is 4.96. The van der Waals surface area contributed by atoms with Crippen LogP contribution in [0.4, 0.5) is 0 Å². The highest BCUT2D eigenvalue weighted by Gasteiger charge is 2.58. The molecule has 0 bridgehead atoms. The highest BCUT2D eigenvalue weighted by molar-refractivity contribution is 7.97. The van der Waals surface area contributed by atoms with E-state index in [2.05, 4.69) is 5.32 Å². The normalized spacial score (nSPS) is 14.9. The zero-order valence-corrected chi connectivity index (χ0v) is 17.7. The standard InChI is InChI=1S/C20H22N2O5S2/c1-3-20(19(23)22-15-14-21,29(26,27)18-12-8-5-9-13-18)16(2)28(24,25)17-10-6-4-7-11-17/h4-13,16H,3,15H2,1-2H3,(H,22,23). The van der Waals surface area contributed by atoms with Gasteiger partial charge in [-0.3, -0.25) is 4.79 Å². The van der Waals surface area contributed by atoms with E-state index in [0.29, 0.717) is 0 Å². The third kappa shape index (κ3) is 3.91. The van der Waals surface area contributed by atoms with Crippen molar-refractivity contribution in [3.8, 4) is 6.07 Å². The fourth-order valence-electron chi connectivity index (χ4n) is 3.31. The molecule has 2 aromatic rings. The molecule has 2 aromatic carbocycles. The first kappa shape index (κ1) is 22.6. The zero-order valence-electron chi connectivity index (χ0n) is 16.1. The van der Waals surface area contributed by atoms with E-state index in [9.17, 15) is 21.6 Å². The quantitative estimate of drug-likeness (QED) is 0.635. The van der Waals surface area contributed by atoms with Gasteiger partial charge in [0.15, 0.2) is 24.4 Å². The van der Waals surface area contributed by atoms with Gasteiger partial charge in [0.05, 0.1) is 21.1 Å². The van der Waals surface area contributed by atoms with E-state index >= 15 is 0 Å². The molecule has 0 radical (unpaired) electrons. The van der Waals surface area contributed by atoms with E-state index in [1.807, 2.05) is 0 Å². The first-order valence-electron chi connectivity index (χ1n) is 8.90. The van der Waals surface area contributed by atoms with Gasteiger partial charge in [0.25, 0.3) is 0 Å². The molecule has 1 amide bonds. The lowest BCUT2D eigenvalue weighted by Gasteiger charge is -2.35. The summed E-state index contributed by atoms with van der Waals surface area (Å²) >= 11 is 0. The fraction of sp³-hybridized carbons (Fsp3) is 0.300. The van der Waals surface area contributed by atoms with E-state index in [1.165, 1.54) is 62.4 Å². The van der Waals surface area contributed by atoms with Gasteiger partial charge in [-0.1, -0.05) is 43.3 Å². The number of nitrogens with one attached hydrogen (secondary N) is 1. The van der Waals surface area contributed by atoms with Crippen molar-refractivity contribution in [3.63, 3.8) is 0 Å². The first-order valence-corrected chi connectivity index (χ1v) is 11.9. The molecule has 2 rings (SSSR count). The second-order valence-electron chi connectivity index (χ2n) is 6.40. The van der Waals surface area contributed by atoms with Gasteiger partial charge in [0.1, 0.15) is 6.54 Å². The number of benzene rings is 2. The van der Waals surface area contributed by atoms with Crippen LogP contribution in [0.5, 0.6) is 0 Å². The van der Waals surface area contributed by atoms with Gasteiger partial charge >= 0.3 is 0 Å². The molecule has 9 heteroatoms. The van der Waals surface area contributed by atoms with Crippen molar-refractivity contribution in [1.82, 2.24) is 5.32 Å². The van der Waals surface area contributed by atoms with Gasteiger partial charge in [-0.15, -0.1) is 0 Å². The molecule has 0 fully saturated rings. The summed E-state index contributed by atoms with van der Waals surface area (Å²) in [6.07, 6.45) is -0.297. The number of hydrogen-bond donors (Lipinski definition) is 1. The molecule has 1 N–H and O–H groups in total. The number of sulfone groups is 2. The average molecular weight is 435 g/mol. The molecule has 2 unspecified atom stereocenters. The molecule has 2 atom stereocenters. The highest BCUT2D eigenvalue weighted by atomic mass is 32.2. The summed E-state index contributed by atoms with van der Waals surface area (Å²) in [6, 6.07) is 16.4. The molecule has 0 aliphatic heterocycles. The monoisotopic (exact) mass is 434 g/mol. The predicted molar refractivity (Wildman–Crippen MR) is 108 cm³/mol. The second-order valence-corrected chi connectivity index (χ2v) is 10.9. The number of nitrogens with zero attached hydrogens (tertiary/aromatic N) is 1. The molecule has 0 saturated carbocycles. The molecular formula is C20H22N2O5S2. The minimum Gasteiger partial charge on any atom is -0.342 e. The maximum atomic E-state index is 13.6. The Hall–Kier alpha value is -2.70. The molecule has 0 aliphatic carbocycles. The summed E-state index contributed by atoms with van der Waals surface area (Å²) < 4.78 is 51.5. The summed E-state index contributed by atoms with van der Waals surface area (Å²) in [7, 11) is -8.63. The topological polar surface area (TPSA) is 121 Å². The van der Waals surface area contributed by atoms with Gasteiger partial charge in [-0.05, 0) is 37.6 Å². The van der Waals surface area contributed by atoms with Crippen molar-refractivity contribution < 1.29 is 21.6 Å². The van der Waals surface area contributed by atoms with Crippen molar-refractivity contribution in [2.75, 3.05) is 6.54 Å². The van der Waals surface area contributed by atoms with E-state index in [4.69, 9.17) is 5.26 Å². The molecule has 0 aliphatic rings. The molecule has 154 valence electrons.